The Bertz CT molecular complexity index is 837. The number of ether oxygens (including phenoxy) is 4. The zero-order chi connectivity index (χ0) is 29.9. The fraction of sp³-hybridized carbons (Fsp3) is 0.955. The monoisotopic (exact) mass is 588 g/mol. The molecule has 40 heavy (non-hydrogen) atoms. The van der Waals surface area contributed by atoms with Crippen molar-refractivity contribution in [3.05, 3.63) is 0 Å². The molecule has 2 saturated heterocycles. The van der Waals surface area contributed by atoms with Crippen LogP contribution >= 0.6 is 0 Å². The van der Waals surface area contributed by atoms with Gasteiger partial charge in [-0.3, -0.25) is 4.79 Å². The number of carbonyl (C=O) groups excluding carboxylic acids is 1. The summed E-state index contributed by atoms with van der Waals surface area (Å²) in [7, 11) is 0. The van der Waals surface area contributed by atoms with Gasteiger partial charge in [0.25, 0.3) is 0 Å². The molecule has 0 bridgehead atoms. The Morgan fingerprint density at radius 3 is 2.20 bits per heavy atom. The number of rotatable bonds is 10. The molecule has 0 radical (unpaired) electrons. The Morgan fingerprint density at radius 2 is 1.60 bits per heavy atom. The Balaban J connectivity index is 1.89. The van der Waals surface area contributed by atoms with Crippen molar-refractivity contribution in [2.75, 3.05) is 19.7 Å². The standard InChI is InChI=1S/C22H42F2N6O10/c23-22(24)17(39-20-8(28)4-11(33)12(5-26)37-20)7(27)3-9(30-19(36)10(32)1-2-25)18(22)40-21-16(35)14(29)15(34)13(6-31)38-21/h7-18,20-21,31-35H,1-6,25-29H2,(H,30,36)/t7-,8+,9+,10-,11-,12+,13+,14-,15+,16+,17+,18-,20+,21+/m0/s1. The summed E-state index contributed by atoms with van der Waals surface area (Å²) in [6, 6.07) is -5.43. The third kappa shape index (κ3) is 7.04. The van der Waals surface area contributed by atoms with E-state index in [2.05, 4.69) is 5.32 Å². The predicted octanol–water partition coefficient (Wildman–Crippen LogP) is -6.15. The molecule has 16 nitrogen and oxygen atoms in total. The van der Waals surface area contributed by atoms with Crippen molar-refractivity contribution in [2.45, 2.75) is 111 Å². The molecule has 234 valence electrons. The fourth-order valence-corrected chi connectivity index (χ4v) is 5.10. The maximum atomic E-state index is 16.2. The second-order valence-electron chi connectivity index (χ2n) is 10.4. The molecule has 3 fully saturated rings. The van der Waals surface area contributed by atoms with Gasteiger partial charge in [0.2, 0.25) is 5.91 Å². The first-order chi connectivity index (χ1) is 18.8. The molecule has 1 amide bonds. The van der Waals surface area contributed by atoms with E-state index in [0.29, 0.717) is 0 Å². The number of hydrogen-bond acceptors (Lipinski definition) is 15. The smallest absolute Gasteiger partial charge is 0.302 e. The van der Waals surface area contributed by atoms with Gasteiger partial charge < -0.3 is 78.5 Å². The maximum Gasteiger partial charge on any atom is 0.302 e. The SMILES string of the molecule is NCC[C@H](O)C(=O)N[C@@H]1C[C@H](N)[C@@H](O[C@H]2O[C@H](CN)[C@@H](O)C[C@H]2N)C(F)(F)[C@H]1O[C@H]1O[C@H](CO)[C@@H](O)[C@H](N)[C@H]1O. The van der Waals surface area contributed by atoms with Crippen LogP contribution in [0, 0.1) is 0 Å². The summed E-state index contributed by atoms with van der Waals surface area (Å²) < 4.78 is 54.3. The number of halogens is 2. The zero-order valence-corrected chi connectivity index (χ0v) is 21.7. The zero-order valence-electron chi connectivity index (χ0n) is 21.7. The van der Waals surface area contributed by atoms with E-state index < -0.39 is 104 Å². The number of carbonyl (C=O) groups is 1. The summed E-state index contributed by atoms with van der Waals surface area (Å²) in [5.74, 6) is -5.04. The quantitative estimate of drug-likeness (QED) is 0.113. The van der Waals surface area contributed by atoms with Crippen LogP contribution in [0.15, 0.2) is 0 Å². The normalized spacial score (nSPS) is 44.6. The van der Waals surface area contributed by atoms with Gasteiger partial charge in [0.1, 0.15) is 36.6 Å². The second-order valence-corrected chi connectivity index (χ2v) is 10.4. The molecule has 1 saturated carbocycles. The van der Waals surface area contributed by atoms with E-state index >= 15 is 8.78 Å². The molecule has 0 unspecified atom stereocenters. The minimum atomic E-state index is -4.02. The average Bonchev–Trinajstić information content (AvgIpc) is 2.89. The lowest BCUT2D eigenvalue weighted by atomic mass is 9.82. The Hall–Kier alpha value is -1.23. The second kappa shape index (κ2) is 13.8. The summed E-state index contributed by atoms with van der Waals surface area (Å²) in [4.78, 5) is 12.5. The van der Waals surface area contributed by atoms with E-state index in [1.165, 1.54) is 0 Å². The summed E-state index contributed by atoms with van der Waals surface area (Å²) >= 11 is 0. The van der Waals surface area contributed by atoms with Crippen molar-refractivity contribution in [3.63, 3.8) is 0 Å². The number of alkyl halides is 2. The van der Waals surface area contributed by atoms with Crippen LogP contribution in [0.4, 0.5) is 8.78 Å². The van der Waals surface area contributed by atoms with Crippen LogP contribution in [0.25, 0.3) is 0 Å². The van der Waals surface area contributed by atoms with Crippen molar-refractivity contribution in [1.82, 2.24) is 5.32 Å². The third-order valence-corrected chi connectivity index (χ3v) is 7.44. The van der Waals surface area contributed by atoms with Gasteiger partial charge in [-0.15, -0.1) is 0 Å². The number of aliphatic hydroxyl groups excluding tert-OH is 5. The van der Waals surface area contributed by atoms with Gasteiger partial charge in [0, 0.05) is 12.6 Å². The first-order valence-electron chi connectivity index (χ1n) is 13.1. The first-order valence-corrected chi connectivity index (χ1v) is 13.1. The van der Waals surface area contributed by atoms with Crippen LogP contribution in [0.3, 0.4) is 0 Å². The molecule has 0 aromatic rings. The van der Waals surface area contributed by atoms with Gasteiger partial charge in [-0.1, -0.05) is 0 Å². The highest BCUT2D eigenvalue weighted by Crippen LogP contribution is 2.41. The first kappa shape index (κ1) is 33.3. The van der Waals surface area contributed by atoms with Gasteiger partial charge in [-0.2, -0.15) is 0 Å². The molecule has 0 aromatic heterocycles. The molecule has 0 spiro atoms. The van der Waals surface area contributed by atoms with Crippen LogP contribution < -0.4 is 34.0 Å². The lowest BCUT2D eigenvalue weighted by molar-refractivity contribution is -0.344. The van der Waals surface area contributed by atoms with Crippen LogP contribution in [0.2, 0.25) is 0 Å². The molecule has 18 heteroatoms. The highest BCUT2D eigenvalue weighted by Gasteiger charge is 2.61. The van der Waals surface area contributed by atoms with Gasteiger partial charge >= 0.3 is 5.92 Å². The van der Waals surface area contributed by atoms with E-state index in [1.54, 1.807) is 0 Å². The molecule has 2 aliphatic heterocycles. The number of nitrogens with one attached hydrogen (secondary N) is 1. The van der Waals surface area contributed by atoms with Crippen molar-refractivity contribution in [3.8, 4) is 0 Å². The van der Waals surface area contributed by atoms with Gasteiger partial charge in [-0.25, -0.2) is 8.78 Å². The molecule has 3 aliphatic rings. The van der Waals surface area contributed by atoms with Gasteiger partial charge in [-0.05, 0) is 25.8 Å². The molecule has 2 heterocycles. The molecule has 1 aliphatic carbocycles. The highest BCUT2D eigenvalue weighted by atomic mass is 19.3. The molecule has 14 atom stereocenters. The van der Waals surface area contributed by atoms with E-state index in [1.807, 2.05) is 0 Å². The summed E-state index contributed by atoms with van der Waals surface area (Å²) in [5.41, 5.74) is 28.8. The van der Waals surface area contributed by atoms with E-state index in [9.17, 15) is 30.3 Å². The molecule has 3 rings (SSSR count). The number of amides is 1. The topological polar surface area (TPSA) is 297 Å². The van der Waals surface area contributed by atoms with E-state index in [-0.39, 0.29) is 32.4 Å². The van der Waals surface area contributed by atoms with Crippen LogP contribution in [0.5, 0.6) is 0 Å². The van der Waals surface area contributed by atoms with Crippen molar-refractivity contribution in [1.29, 1.82) is 0 Å². The average molecular weight is 589 g/mol. The van der Waals surface area contributed by atoms with E-state index in [4.69, 9.17) is 47.6 Å². The van der Waals surface area contributed by atoms with Crippen LogP contribution in [-0.2, 0) is 23.7 Å². The summed E-state index contributed by atoms with van der Waals surface area (Å²) in [6.45, 7) is -0.966. The lowest BCUT2D eigenvalue weighted by Gasteiger charge is -2.49. The lowest BCUT2D eigenvalue weighted by Crippen LogP contribution is -2.71. The van der Waals surface area contributed by atoms with Gasteiger partial charge in [0.15, 0.2) is 12.6 Å². The fourth-order valence-electron chi connectivity index (χ4n) is 5.10. The van der Waals surface area contributed by atoms with Gasteiger partial charge in [0.05, 0.1) is 36.9 Å². The summed E-state index contributed by atoms with van der Waals surface area (Å²) in [5, 5.41) is 52.5. The molecular formula is C22H42F2N6O10. The van der Waals surface area contributed by atoms with Crippen molar-refractivity contribution < 1.29 is 58.1 Å². The Morgan fingerprint density at radius 1 is 0.975 bits per heavy atom. The number of hydrogen-bond donors (Lipinski definition) is 11. The number of nitrogens with two attached hydrogens (primary N) is 5. The molecule has 0 aromatic carbocycles. The molecular weight excluding hydrogens is 546 g/mol. The number of aliphatic hydroxyl groups is 5. The minimum Gasteiger partial charge on any atom is -0.394 e. The maximum absolute atomic E-state index is 16.2. The van der Waals surface area contributed by atoms with Crippen LogP contribution in [0.1, 0.15) is 19.3 Å². The van der Waals surface area contributed by atoms with Crippen molar-refractivity contribution in [2.24, 2.45) is 28.7 Å². The Kier molecular flexibility index (Phi) is 11.5. The van der Waals surface area contributed by atoms with E-state index in [0.717, 1.165) is 0 Å². The minimum absolute atomic E-state index is 0.0530. The third-order valence-electron chi connectivity index (χ3n) is 7.44. The predicted molar refractivity (Wildman–Crippen MR) is 131 cm³/mol. The largest absolute Gasteiger partial charge is 0.394 e. The van der Waals surface area contributed by atoms with Crippen LogP contribution in [-0.4, -0.2) is 143 Å². The highest BCUT2D eigenvalue weighted by molar-refractivity contribution is 5.80. The van der Waals surface area contributed by atoms with Crippen molar-refractivity contribution >= 4 is 5.91 Å². The molecule has 16 N–H and O–H groups in total. The Labute approximate surface area is 229 Å². The summed E-state index contributed by atoms with van der Waals surface area (Å²) in [6.07, 6.45) is -16.6.